The molecule has 5 aromatic carbocycles. The number of imidazole rings is 1. The van der Waals surface area contributed by atoms with Gasteiger partial charge in [-0.25, -0.2) is 4.98 Å². The molecule has 0 atom stereocenters. The molecule has 236 valence electrons. The topological polar surface area (TPSA) is 46.9 Å². The van der Waals surface area contributed by atoms with E-state index >= 15 is 0 Å². The molecule has 0 saturated carbocycles. The number of anilines is 1. The maximum Gasteiger partial charge on any atom is 0.416 e. The van der Waals surface area contributed by atoms with Crippen molar-refractivity contribution < 1.29 is 18.0 Å². The summed E-state index contributed by atoms with van der Waals surface area (Å²) >= 11 is 0. The molecule has 0 bridgehead atoms. The molecule has 7 heteroatoms. The molecule has 1 N–H and O–H groups in total. The van der Waals surface area contributed by atoms with Gasteiger partial charge in [0, 0.05) is 17.5 Å². The van der Waals surface area contributed by atoms with E-state index in [2.05, 4.69) is 65.3 Å². The quantitative estimate of drug-likeness (QED) is 0.170. The fourth-order valence-corrected chi connectivity index (χ4v) is 7.09. The Balaban J connectivity index is 1.08. The molecule has 0 spiro atoms. The number of amides is 1. The smallest absolute Gasteiger partial charge is 0.331 e. The standard InChI is InChI=1S/C40H34F3N3O/c1-26-17-22-35-37(36(26)45-38(47)32-14-4-3-11-29(32)27-18-20-28(21-19-27)40(41,42)43)44-25-46(35)24-10-9-23-39(2)33-15-7-5-12-30(33)31-13-6-8-16-34(31)39/h3-8,11-22,25H,9-10,23-24H2,1-2H3,(H,45,47). The van der Waals surface area contributed by atoms with Crippen LogP contribution in [0.5, 0.6) is 0 Å². The highest BCUT2D eigenvalue weighted by Crippen LogP contribution is 2.51. The van der Waals surface area contributed by atoms with Gasteiger partial charge in [-0.1, -0.05) is 98.3 Å². The first-order chi connectivity index (χ1) is 22.6. The van der Waals surface area contributed by atoms with Gasteiger partial charge in [-0.05, 0) is 83.0 Å². The Morgan fingerprint density at radius 3 is 2.06 bits per heavy atom. The van der Waals surface area contributed by atoms with E-state index in [4.69, 9.17) is 4.98 Å². The van der Waals surface area contributed by atoms with E-state index in [0.29, 0.717) is 27.9 Å². The molecule has 6 aromatic rings. The Bertz CT molecular complexity index is 2070. The first-order valence-electron chi connectivity index (χ1n) is 15.9. The fraction of sp³-hybridized carbons (Fsp3) is 0.200. The van der Waals surface area contributed by atoms with Crippen LogP contribution in [0.4, 0.5) is 18.9 Å². The van der Waals surface area contributed by atoms with Crippen LogP contribution in [0.15, 0.2) is 116 Å². The summed E-state index contributed by atoms with van der Waals surface area (Å²) in [5.74, 6) is -0.351. The Morgan fingerprint density at radius 1 is 0.787 bits per heavy atom. The van der Waals surface area contributed by atoms with E-state index < -0.39 is 11.7 Å². The molecule has 0 fully saturated rings. The van der Waals surface area contributed by atoms with Gasteiger partial charge in [-0.2, -0.15) is 13.2 Å². The van der Waals surface area contributed by atoms with Gasteiger partial charge in [-0.3, -0.25) is 4.79 Å². The number of halogens is 3. The number of carbonyl (C=O) groups is 1. The Labute approximate surface area is 271 Å². The van der Waals surface area contributed by atoms with Crippen LogP contribution in [0.1, 0.15) is 58.8 Å². The second-order valence-corrected chi connectivity index (χ2v) is 12.5. The highest BCUT2D eigenvalue weighted by Gasteiger charge is 2.38. The number of nitrogens with one attached hydrogen (secondary N) is 1. The van der Waals surface area contributed by atoms with Crippen LogP contribution in [0.3, 0.4) is 0 Å². The van der Waals surface area contributed by atoms with Crippen LogP contribution in [0, 0.1) is 6.92 Å². The minimum atomic E-state index is -4.43. The summed E-state index contributed by atoms with van der Waals surface area (Å²) in [6.07, 6.45) is 0.447. The van der Waals surface area contributed by atoms with Crippen molar-refractivity contribution in [3.05, 3.63) is 143 Å². The predicted molar refractivity (Wildman–Crippen MR) is 181 cm³/mol. The number of aromatic nitrogens is 2. The van der Waals surface area contributed by atoms with E-state index in [9.17, 15) is 18.0 Å². The molecule has 1 aromatic heterocycles. The number of alkyl halides is 3. The van der Waals surface area contributed by atoms with Crippen molar-refractivity contribution in [2.24, 2.45) is 0 Å². The van der Waals surface area contributed by atoms with Crippen LogP contribution in [0.2, 0.25) is 0 Å². The second kappa shape index (κ2) is 11.9. The highest BCUT2D eigenvalue weighted by molar-refractivity contribution is 6.12. The third-order valence-electron chi connectivity index (χ3n) is 9.59. The summed E-state index contributed by atoms with van der Waals surface area (Å²) < 4.78 is 41.5. The third-order valence-corrected chi connectivity index (χ3v) is 9.59. The third kappa shape index (κ3) is 5.50. The second-order valence-electron chi connectivity index (χ2n) is 12.5. The number of unbranched alkanes of at least 4 members (excludes halogenated alkanes) is 1. The lowest BCUT2D eigenvalue weighted by Gasteiger charge is -2.27. The average Bonchev–Trinajstić information content (AvgIpc) is 3.61. The van der Waals surface area contributed by atoms with E-state index in [-0.39, 0.29) is 11.3 Å². The average molecular weight is 630 g/mol. The molecule has 1 heterocycles. The van der Waals surface area contributed by atoms with E-state index in [1.807, 2.05) is 25.4 Å². The van der Waals surface area contributed by atoms with Gasteiger partial charge in [0.1, 0.15) is 5.52 Å². The first-order valence-corrected chi connectivity index (χ1v) is 15.9. The lowest BCUT2D eigenvalue weighted by Crippen LogP contribution is -2.20. The molecular formula is C40H34F3N3O. The molecule has 0 saturated heterocycles. The van der Waals surface area contributed by atoms with Gasteiger partial charge >= 0.3 is 6.18 Å². The van der Waals surface area contributed by atoms with Crippen LogP contribution in [0.25, 0.3) is 33.3 Å². The largest absolute Gasteiger partial charge is 0.416 e. The van der Waals surface area contributed by atoms with Gasteiger partial charge in [0.05, 0.1) is 23.1 Å². The Hall–Kier alpha value is -5.17. The predicted octanol–water partition coefficient (Wildman–Crippen LogP) is 10.4. The summed E-state index contributed by atoms with van der Waals surface area (Å²) in [4.78, 5) is 18.4. The number of hydrogen-bond donors (Lipinski definition) is 1. The zero-order valence-electron chi connectivity index (χ0n) is 26.2. The van der Waals surface area contributed by atoms with Crippen molar-refractivity contribution in [1.29, 1.82) is 0 Å². The van der Waals surface area contributed by atoms with Crippen molar-refractivity contribution in [3.63, 3.8) is 0 Å². The van der Waals surface area contributed by atoms with Crippen molar-refractivity contribution in [2.45, 2.75) is 51.2 Å². The number of nitrogens with zero attached hydrogens (tertiary/aromatic N) is 2. The minimum absolute atomic E-state index is 0.0323. The Morgan fingerprint density at radius 2 is 1.40 bits per heavy atom. The summed E-state index contributed by atoms with van der Waals surface area (Å²) in [5, 5.41) is 3.06. The maximum absolute atomic E-state index is 13.7. The summed E-state index contributed by atoms with van der Waals surface area (Å²) in [6, 6.07) is 33.3. The number of rotatable bonds is 8. The number of hydrogen-bond acceptors (Lipinski definition) is 2. The number of fused-ring (bicyclic) bond motifs is 4. The monoisotopic (exact) mass is 629 g/mol. The van der Waals surface area contributed by atoms with Gasteiger partial charge in [0.2, 0.25) is 0 Å². The van der Waals surface area contributed by atoms with Crippen molar-refractivity contribution in [2.75, 3.05) is 5.32 Å². The molecule has 47 heavy (non-hydrogen) atoms. The molecule has 4 nitrogen and oxygen atoms in total. The lowest BCUT2D eigenvalue weighted by atomic mass is 9.76. The van der Waals surface area contributed by atoms with Gasteiger partial charge < -0.3 is 9.88 Å². The number of benzene rings is 5. The SMILES string of the molecule is Cc1ccc2c(ncn2CCCCC2(C)c3ccccc3-c3ccccc32)c1NC(=O)c1ccccc1-c1ccc(C(F)(F)F)cc1. The van der Waals surface area contributed by atoms with Crippen LogP contribution >= 0.6 is 0 Å². The van der Waals surface area contributed by atoms with Crippen molar-refractivity contribution in [1.82, 2.24) is 9.55 Å². The van der Waals surface area contributed by atoms with E-state index in [1.54, 1.807) is 24.3 Å². The van der Waals surface area contributed by atoms with Gasteiger partial charge in [0.25, 0.3) is 5.91 Å². The zero-order chi connectivity index (χ0) is 32.8. The van der Waals surface area contributed by atoms with Crippen LogP contribution in [-0.2, 0) is 18.1 Å². The molecule has 0 aliphatic heterocycles. The Kier molecular flexibility index (Phi) is 7.71. The van der Waals surface area contributed by atoms with Gasteiger partial charge in [0.15, 0.2) is 0 Å². The summed E-state index contributed by atoms with van der Waals surface area (Å²) in [5.41, 5.74) is 9.27. The fourth-order valence-electron chi connectivity index (χ4n) is 7.09. The molecular weight excluding hydrogens is 595 g/mol. The molecule has 1 aliphatic carbocycles. The zero-order valence-corrected chi connectivity index (χ0v) is 26.2. The molecule has 0 radical (unpaired) electrons. The molecule has 1 aliphatic rings. The molecule has 7 rings (SSSR count). The van der Waals surface area contributed by atoms with Crippen LogP contribution in [-0.4, -0.2) is 15.5 Å². The number of carbonyl (C=O) groups excluding carboxylic acids is 1. The van der Waals surface area contributed by atoms with Crippen molar-refractivity contribution in [3.8, 4) is 22.3 Å². The lowest BCUT2D eigenvalue weighted by molar-refractivity contribution is -0.137. The van der Waals surface area contributed by atoms with E-state index in [1.165, 1.54) is 34.4 Å². The summed E-state index contributed by atoms with van der Waals surface area (Å²) in [7, 11) is 0. The highest BCUT2D eigenvalue weighted by atomic mass is 19.4. The van der Waals surface area contributed by atoms with Crippen LogP contribution < -0.4 is 5.32 Å². The van der Waals surface area contributed by atoms with Crippen molar-refractivity contribution >= 4 is 22.6 Å². The molecule has 1 amide bonds. The minimum Gasteiger partial charge on any atom is -0.331 e. The maximum atomic E-state index is 13.7. The van der Waals surface area contributed by atoms with E-state index in [0.717, 1.165) is 49.0 Å². The molecule has 0 unspecified atom stereocenters. The first kappa shape index (κ1) is 30.5. The normalized spacial score (nSPS) is 13.4. The number of aryl methyl sites for hydroxylation is 2. The van der Waals surface area contributed by atoms with Gasteiger partial charge in [-0.15, -0.1) is 0 Å². The summed E-state index contributed by atoms with van der Waals surface area (Å²) in [6.45, 7) is 5.08.